The van der Waals surface area contributed by atoms with Crippen LogP contribution in [0.4, 0.5) is 5.69 Å². The van der Waals surface area contributed by atoms with E-state index >= 15 is 0 Å². The molecule has 0 aliphatic rings. The first kappa shape index (κ1) is 18.6. The summed E-state index contributed by atoms with van der Waals surface area (Å²) in [5.74, 6) is -0.993. The van der Waals surface area contributed by atoms with Crippen molar-refractivity contribution in [1.29, 1.82) is 0 Å². The Morgan fingerprint density at radius 1 is 1.13 bits per heavy atom. The molecule has 0 aliphatic carbocycles. The molecule has 1 atom stereocenters. The summed E-state index contributed by atoms with van der Waals surface area (Å²) in [7, 11) is 2.99. The van der Waals surface area contributed by atoms with E-state index in [9.17, 15) is 14.4 Å². The van der Waals surface area contributed by atoms with Crippen molar-refractivity contribution in [3.63, 3.8) is 0 Å². The minimum Gasteiger partial charge on any atom is -0.468 e. The minimum atomic E-state index is -0.510. The zero-order valence-electron chi connectivity index (χ0n) is 14.0. The molecule has 1 unspecified atom stereocenters. The molecule has 0 fully saturated rings. The van der Waals surface area contributed by atoms with E-state index in [1.165, 1.54) is 7.11 Å². The molecular formula is C16H24N3O4+. The van der Waals surface area contributed by atoms with Crippen LogP contribution in [0.3, 0.4) is 0 Å². The summed E-state index contributed by atoms with van der Waals surface area (Å²) in [4.78, 5) is 35.3. The predicted octanol–water partition coefficient (Wildman–Crippen LogP) is -0.954. The Kier molecular flexibility index (Phi) is 7.21. The summed E-state index contributed by atoms with van der Waals surface area (Å²) < 4.78 is 4.43. The van der Waals surface area contributed by atoms with Gasteiger partial charge >= 0.3 is 5.97 Å². The monoisotopic (exact) mass is 322 g/mol. The SMILES string of the molecule is COC(=O)CNC(=O)C[NH+](C)CC(=O)Nc1cccc(C)c1C. The molecule has 0 heterocycles. The maximum absolute atomic E-state index is 12.0. The Morgan fingerprint density at radius 3 is 2.43 bits per heavy atom. The van der Waals surface area contributed by atoms with E-state index in [1.54, 1.807) is 7.05 Å². The first-order chi connectivity index (χ1) is 10.8. The van der Waals surface area contributed by atoms with Crippen LogP contribution in [0.15, 0.2) is 18.2 Å². The molecule has 0 radical (unpaired) electrons. The second kappa shape index (κ2) is 8.89. The van der Waals surface area contributed by atoms with Gasteiger partial charge in [-0.25, -0.2) is 0 Å². The van der Waals surface area contributed by atoms with E-state index in [2.05, 4.69) is 15.4 Å². The van der Waals surface area contributed by atoms with E-state index in [0.29, 0.717) is 0 Å². The lowest BCUT2D eigenvalue weighted by atomic mass is 10.1. The van der Waals surface area contributed by atoms with Gasteiger partial charge in [0.25, 0.3) is 11.8 Å². The number of quaternary nitrogens is 1. The molecule has 0 saturated carbocycles. The van der Waals surface area contributed by atoms with Gasteiger partial charge in [0.1, 0.15) is 6.54 Å². The number of aryl methyl sites for hydroxylation is 1. The van der Waals surface area contributed by atoms with Crippen molar-refractivity contribution in [3.8, 4) is 0 Å². The first-order valence-electron chi connectivity index (χ1n) is 7.34. The largest absolute Gasteiger partial charge is 0.468 e. The highest BCUT2D eigenvalue weighted by Crippen LogP contribution is 2.17. The molecule has 126 valence electrons. The van der Waals surface area contributed by atoms with Crippen LogP contribution in [-0.4, -0.2) is 51.6 Å². The number of hydrogen-bond acceptors (Lipinski definition) is 4. The Balaban J connectivity index is 2.43. The van der Waals surface area contributed by atoms with Gasteiger partial charge in [0.15, 0.2) is 13.1 Å². The molecule has 1 aromatic rings. The van der Waals surface area contributed by atoms with E-state index in [0.717, 1.165) is 21.7 Å². The molecule has 7 nitrogen and oxygen atoms in total. The van der Waals surface area contributed by atoms with Gasteiger partial charge in [0.05, 0.1) is 14.2 Å². The minimum absolute atomic E-state index is 0.0945. The number of rotatable bonds is 7. The topological polar surface area (TPSA) is 88.9 Å². The maximum Gasteiger partial charge on any atom is 0.325 e. The number of amides is 2. The van der Waals surface area contributed by atoms with Crippen molar-refractivity contribution >= 4 is 23.5 Å². The van der Waals surface area contributed by atoms with Crippen LogP contribution in [0, 0.1) is 13.8 Å². The summed E-state index contributed by atoms with van der Waals surface area (Å²) in [6.07, 6.45) is 0. The Bertz CT molecular complexity index is 587. The lowest BCUT2D eigenvalue weighted by Gasteiger charge is -2.15. The van der Waals surface area contributed by atoms with E-state index in [-0.39, 0.29) is 31.4 Å². The summed E-state index contributed by atoms with van der Waals surface area (Å²) in [5.41, 5.74) is 2.90. The average Bonchev–Trinajstić information content (AvgIpc) is 2.49. The number of hydrogen-bond donors (Lipinski definition) is 3. The van der Waals surface area contributed by atoms with Gasteiger partial charge in [-0.1, -0.05) is 12.1 Å². The Morgan fingerprint density at radius 2 is 1.78 bits per heavy atom. The number of nitrogens with one attached hydrogen (secondary N) is 3. The number of benzene rings is 1. The summed E-state index contributed by atoms with van der Waals surface area (Å²) in [5, 5.41) is 5.29. The zero-order valence-corrected chi connectivity index (χ0v) is 14.0. The lowest BCUT2D eigenvalue weighted by Crippen LogP contribution is -3.11. The number of methoxy groups -OCH3 is 1. The molecular weight excluding hydrogens is 298 g/mol. The van der Waals surface area contributed by atoms with Crippen LogP contribution in [0.25, 0.3) is 0 Å². The highest BCUT2D eigenvalue weighted by molar-refractivity contribution is 5.92. The molecule has 0 saturated heterocycles. The van der Waals surface area contributed by atoms with Crippen molar-refractivity contribution in [3.05, 3.63) is 29.3 Å². The first-order valence-corrected chi connectivity index (χ1v) is 7.34. The Labute approximate surface area is 136 Å². The summed E-state index contributed by atoms with van der Waals surface area (Å²) in [6.45, 7) is 4.00. The predicted molar refractivity (Wildman–Crippen MR) is 86.2 cm³/mol. The fraction of sp³-hybridized carbons (Fsp3) is 0.438. The van der Waals surface area contributed by atoms with Gasteiger partial charge in [-0.2, -0.15) is 0 Å². The van der Waals surface area contributed by atoms with Crippen molar-refractivity contribution in [2.75, 3.05) is 39.1 Å². The van der Waals surface area contributed by atoms with Crippen molar-refractivity contribution in [2.45, 2.75) is 13.8 Å². The third-order valence-corrected chi connectivity index (χ3v) is 3.46. The number of ether oxygens (including phenoxy) is 1. The number of anilines is 1. The molecule has 0 aliphatic heterocycles. The van der Waals surface area contributed by atoms with Crippen LogP contribution < -0.4 is 15.5 Å². The maximum atomic E-state index is 12.0. The van der Waals surface area contributed by atoms with Gasteiger partial charge in [-0.3, -0.25) is 14.4 Å². The van der Waals surface area contributed by atoms with Gasteiger partial charge in [0, 0.05) is 5.69 Å². The van der Waals surface area contributed by atoms with Crippen LogP contribution in [0.2, 0.25) is 0 Å². The van der Waals surface area contributed by atoms with Gasteiger partial charge in [-0.15, -0.1) is 0 Å². The standard InChI is InChI=1S/C16H23N3O4/c1-11-6-5-7-13(12(11)2)18-15(21)10-19(3)9-14(20)17-8-16(22)23-4/h5-7H,8-10H2,1-4H3,(H,17,20)(H,18,21)/p+1. The van der Waals surface area contributed by atoms with Crippen molar-refractivity contribution in [2.24, 2.45) is 0 Å². The number of likely N-dealkylation sites (N-methyl/N-ethyl adjacent to an activating group) is 1. The van der Waals surface area contributed by atoms with Crippen molar-refractivity contribution in [1.82, 2.24) is 5.32 Å². The number of carbonyl (C=O) groups is 3. The van der Waals surface area contributed by atoms with E-state index in [4.69, 9.17) is 0 Å². The van der Waals surface area contributed by atoms with Gasteiger partial charge in [0.2, 0.25) is 0 Å². The molecule has 3 N–H and O–H groups in total. The van der Waals surface area contributed by atoms with Gasteiger partial charge in [-0.05, 0) is 31.0 Å². The molecule has 0 spiro atoms. The fourth-order valence-corrected chi connectivity index (χ4v) is 2.00. The molecule has 1 aromatic carbocycles. The molecule has 0 aromatic heterocycles. The smallest absolute Gasteiger partial charge is 0.325 e. The highest BCUT2D eigenvalue weighted by Gasteiger charge is 2.15. The zero-order chi connectivity index (χ0) is 17.4. The normalized spacial score (nSPS) is 11.5. The number of carbonyl (C=O) groups excluding carboxylic acids is 3. The number of esters is 1. The lowest BCUT2D eigenvalue weighted by molar-refractivity contribution is -0.862. The second-order valence-electron chi connectivity index (χ2n) is 5.46. The van der Waals surface area contributed by atoms with Gasteiger partial charge < -0.3 is 20.3 Å². The summed E-state index contributed by atoms with van der Waals surface area (Å²) >= 11 is 0. The fourth-order valence-electron chi connectivity index (χ4n) is 2.00. The van der Waals surface area contributed by atoms with E-state index < -0.39 is 5.97 Å². The molecule has 0 bridgehead atoms. The molecule has 7 heteroatoms. The van der Waals surface area contributed by atoms with Crippen LogP contribution in [-0.2, 0) is 19.1 Å². The van der Waals surface area contributed by atoms with Crippen LogP contribution >= 0.6 is 0 Å². The molecule has 2 amide bonds. The third-order valence-electron chi connectivity index (χ3n) is 3.46. The Hall–Kier alpha value is -2.41. The van der Waals surface area contributed by atoms with Crippen LogP contribution in [0.1, 0.15) is 11.1 Å². The molecule has 1 rings (SSSR count). The quantitative estimate of drug-likeness (QED) is 0.565. The second-order valence-corrected chi connectivity index (χ2v) is 5.46. The van der Waals surface area contributed by atoms with E-state index in [1.807, 2.05) is 32.0 Å². The average molecular weight is 322 g/mol. The third kappa shape index (κ3) is 6.48. The van der Waals surface area contributed by atoms with Crippen LogP contribution in [0.5, 0.6) is 0 Å². The molecule has 23 heavy (non-hydrogen) atoms. The summed E-state index contributed by atoms with van der Waals surface area (Å²) in [6, 6.07) is 5.71. The highest BCUT2D eigenvalue weighted by atomic mass is 16.5. The van der Waals surface area contributed by atoms with Crippen molar-refractivity contribution < 1.29 is 24.0 Å².